The Hall–Kier alpha value is -2.71. The van der Waals surface area contributed by atoms with E-state index in [1.807, 2.05) is 13.8 Å². The SMILES string of the molecule is CCNc1nc(C)c([N+](=O)[O-])c(Nc2cn(C)nc2C)n1. The highest BCUT2D eigenvalue weighted by Crippen LogP contribution is 2.29. The Morgan fingerprint density at radius 2 is 2.05 bits per heavy atom. The van der Waals surface area contributed by atoms with Crippen molar-refractivity contribution < 1.29 is 4.92 Å². The van der Waals surface area contributed by atoms with E-state index in [4.69, 9.17) is 0 Å². The third kappa shape index (κ3) is 3.07. The van der Waals surface area contributed by atoms with Gasteiger partial charge < -0.3 is 10.6 Å². The lowest BCUT2D eigenvalue weighted by atomic mass is 10.3. The van der Waals surface area contributed by atoms with Gasteiger partial charge in [0, 0.05) is 19.8 Å². The lowest BCUT2D eigenvalue weighted by Gasteiger charge is -2.09. The minimum absolute atomic E-state index is 0.139. The molecule has 2 aromatic rings. The first kappa shape index (κ1) is 14.7. The molecule has 0 aromatic carbocycles. The zero-order valence-corrected chi connectivity index (χ0v) is 12.3. The maximum Gasteiger partial charge on any atom is 0.332 e. The van der Waals surface area contributed by atoms with Gasteiger partial charge in [0.2, 0.25) is 11.8 Å². The summed E-state index contributed by atoms with van der Waals surface area (Å²) in [5.41, 5.74) is 1.56. The van der Waals surface area contributed by atoms with Crippen molar-refractivity contribution in [2.45, 2.75) is 20.8 Å². The van der Waals surface area contributed by atoms with E-state index in [9.17, 15) is 10.1 Å². The second-order valence-corrected chi connectivity index (χ2v) is 4.54. The molecule has 0 bridgehead atoms. The van der Waals surface area contributed by atoms with Gasteiger partial charge in [0.1, 0.15) is 5.69 Å². The predicted molar refractivity (Wildman–Crippen MR) is 78.8 cm³/mol. The molecule has 9 nitrogen and oxygen atoms in total. The first-order chi connectivity index (χ1) is 9.92. The van der Waals surface area contributed by atoms with Gasteiger partial charge in [-0.1, -0.05) is 0 Å². The Morgan fingerprint density at radius 3 is 2.57 bits per heavy atom. The second kappa shape index (κ2) is 5.73. The van der Waals surface area contributed by atoms with Crippen LogP contribution in [0.2, 0.25) is 0 Å². The van der Waals surface area contributed by atoms with E-state index < -0.39 is 4.92 Å². The molecule has 2 heterocycles. The molecule has 2 rings (SSSR count). The van der Waals surface area contributed by atoms with Gasteiger partial charge in [-0.05, 0) is 20.8 Å². The number of nitrogens with zero attached hydrogens (tertiary/aromatic N) is 5. The van der Waals surface area contributed by atoms with E-state index in [-0.39, 0.29) is 11.5 Å². The van der Waals surface area contributed by atoms with Crippen LogP contribution in [0, 0.1) is 24.0 Å². The number of rotatable bonds is 5. The Balaban J connectivity index is 2.48. The van der Waals surface area contributed by atoms with Gasteiger partial charge in [0.25, 0.3) is 0 Å². The lowest BCUT2D eigenvalue weighted by molar-refractivity contribution is -0.385. The molecule has 21 heavy (non-hydrogen) atoms. The standard InChI is InChI=1S/C12H17N7O2/c1-5-13-12-14-8(3)10(19(20)21)11(16-12)15-9-6-18(4)17-7(9)2/h6H,5H2,1-4H3,(H2,13,14,15,16). The zero-order chi connectivity index (χ0) is 15.6. The summed E-state index contributed by atoms with van der Waals surface area (Å²) in [4.78, 5) is 19.0. The maximum atomic E-state index is 11.2. The molecule has 0 radical (unpaired) electrons. The second-order valence-electron chi connectivity index (χ2n) is 4.54. The van der Waals surface area contributed by atoms with Crippen molar-refractivity contribution >= 4 is 23.1 Å². The minimum Gasteiger partial charge on any atom is -0.354 e. The Kier molecular flexibility index (Phi) is 4.01. The van der Waals surface area contributed by atoms with Gasteiger partial charge in [-0.2, -0.15) is 10.1 Å². The molecule has 0 fully saturated rings. The van der Waals surface area contributed by atoms with Gasteiger partial charge in [-0.3, -0.25) is 14.8 Å². The lowest BCUT2D eigenvalue weighted by Crippen LogP contribution is -2.09. The van der Waals surface area contributed by atoms with Crippen LogP contribution >= 0.6 is 0 Å². The number of hydrogen-bond acceptors (Lipinski definition) is 7. The topological polar surface area (TPSA) is 111 Å². The molecule has 0 aliphatic heterocycles. The smallest absolute Gasteiger partial charge is 0.332 e. The number of hydrogen-bond donors (Lipinski definition) is 2. The van der Waals surface area contributed by atoms with E-state index in [0.29, 0.717) is 23.9 Å². The van der Waals surface area contributed by atoms with E-state index in [0.717, 1.165) is 5.69 Å². The van der Waals surface area contributed by atoms with Gasteiger partial charge in [-0.15, -0.1) is 0 Å². The number of aryl methyl sites for hydroxylation is 3. The summed E-state index contributed by atoms with van der Waals surface area (Å²) in [6.45, 7) is 5.93. The van der Waals surface area contributed by atoms with E-state index in [2.05, 4.69) is 25.7 Å². The third-order valence-electron chi connectivity index (χ3n) is 2.84. The van der Waals surface area contributed by atoms with Crippen molar-refractivity contribution in [3.63, 3.8) is 0 Å². The molecule has 0 atom stereocenters. The highest BCUT2D eigenvalue weighted by atomic mass is 16.6. The Labute approximate surface area is 121 Å². The number of nitro groups is 1. The van der Waals surface area contributed by atoms with Crippen LogP contribution in [0.25, 0.3) is 0 Å². The fourth-order valence-electron chi connectivity index (χ4n) is 1.96. The van der Waals surface area contributed by atoms with Gasteiger partial charge in [0.15, 0.2) is 0 Å². The summed E-state index contributed by atoms with van der Waals surface area (Å²) in [6.07, 6.45) is 1.74. The van der Waals surface area contributed by atoms with E-state index in [1.54, 1.807) is 24.9 Å². The summed E-state index contributed by atoms with van der Waals surface area (Å²) in [7, 11) is 1.78. The van der Waals surface area contributed by atoms with Crippen LogP contribution in [0.4, 0.5) is 23.1 Å². The fourth-order valence-corrected chi connectivity index (χ4v) is 1.96. The average molecular weight is 291 g/mol. The summed E-state index contributed by atoms with van der Waals surface area (Å²) in [5, 5.41) is 21.3. The monoisotopic (exact) mass is 291 g/mol. The van der Waals surface area contributed by atoms with Crippen molar-refractivity contribution in [3.8, 4) is 0 Å². The van der Waals surface area contributed by atoms with Crippen LogP contribution in [-0.4, -0.2) is 31.2 Å². The maximum absolute atomic E-state index is 11.2. The van der Waals surface area contributed by atoms with Crippen LogP contribution < -0.4 is 10.6 Å². The summed E-state index contributed by atoms with van der Waals surface area (Å²) >= 11 is 0. The van der Waals surface area contributed by atoms with Crippen LogP contribution in [-0.2, 0) is 7.05 Å². The molecule has 0 aliphatic rings. The first-order valence-corrected chi connectivity index (χ1v) is 6.46. The van der Waals surface area contributed by atoms with Crippen molar-refractivity contribution in [1.82, 2.24) is 19.7 Å². The number of aromatic nitrogens is 4. The largest absolute Gasteiger partial charge is 0.354 e. The van der Waals surface area contributed by atoms with E-state index in [1.165, 1.54) is 0 Å². The molecule has 2 aromatic heterocycles. The van der Waals surface area contributed by atoms with Crippen LogP contribution in [0.1, 0.15) is 18.3 Å². The highest BCUT2D eigenvalue weighted by molar-refractivity contribution is 5.68. The first-order valence-electron chi connectivity index (χ1n) is 6.46. The summed E-state index contributed by atoms with van der Waals surface area (Å²) in [6, 6.07) is 0. The molecule has 0 saturated heterocycles. The predicted octanol–water partition coefficient (Wildman–Crippen LogP) is 1.91. The third-order valence-corrected chi connectivity index (χ3v) is 2.84. The normalized spacial score (nSPS) is 10.5. The molecule has 0 spiro atoms. The molecule has 0 unspecified atom stereocenters. The summed E-state index contributed by atoms with van der Waals surface area (Å²) < 4.78 is 1.63. The molecule has 112 valence electrons. The highest BCUT2D eigenvalue weighted by Gasteiger charge is 2.23. The van der Waals surface area contributed by atoms with Crippen molar-refractivity contribution in [3.05, 3.63) is 27.7 Å². The molecule has 0 aliphatic carbocycles. The molecular formula is C12H17N7O2. The fraction of sp³-hybridized carbons (Fsp3) is 0.417. The van der Waals surface area contributed by atoms with E-state index >= 15 is 0 Å². The van der Waals surface area contributed by atoms with Gasteiger partial charge in [0.05, 0.1) is 16.3 Å². The number of nitrogens with one attached hydrogen (secondary N) is 2. The average Bonchev–Trinajstić information content (AvgIpc) is 2.67. The summed E-state index contributed by atoms with van der Waals surface area (Å²) in [5.74, 6) is 0.504. The molecule has 0 saturated carbocycles. The van der Waals surface area contributed by atoms with Crippen molar-refractivity contribution in [1.29, 1.82) is 0 Å². The van der Waals surface area contributed by atoms with Gasteiger partial charge in [-0.25, -0.2) is 4.98 Å². The molecule has 2 N–H and O–H groups in total. The molecule has 9 heteroatoms. The van der Waals surface area contributed by atoms with Crippen LogP contribution in [0.15, 0.2) is 6.20 Å². The molecule has 0 amide bonds. The minimum atomic E-state index is -0.487. The van der Waals surface area contributed by atoms with Crippen LogP contribution in [0.5, 0.6) is 0 Å². The molecular weight excluding hydrogens is 274 g/mol. The zero-order valence-electron chi connectivity index (χ0n) is 12.3. The van der Waals surface area contributed by atoms with Gasteiger partial charge >= 0.3 is 5.69 Å². The Bertz CT molecular complexity index is 680. The Morgan fingerprint density at radius 1 is 1.33 bits per heavy atom. The quantitative estimate of drug-likeness (QED) is 0.639. The van der Waals surface area contributed by atoms with Crippen molar-refractivity contribution in [2.24, 2.45) is 7.05 Å². The van der Waals surface area contributed by atoms with Crippen LogP contribution in [0.3, 0.4) is 0 Å². The van der Waals surface area contributed by atoms with Crippen molar-refractivity contribution in [2.75, 3.05) is 17.2 Å². The number of anilines is 3.